The molecule has 3 aromatic rings. The van der Waals surface area contributed by atoms with Gasteiger partial charge in [0.05, 0.1) is 0 Å². The molecule has 0 saturated carbocycles. The van der Waals surface area contributed by atoms with Crippen LogP contribution in [0.2, 0.25) is 5.02 Å². The number of amides is 1. The molecule has 1 amide bonds. The van der Waals surface area contributed by atoms with Crippen LogP contribution in [0.15, 0.2) is 48.5 Å². The van der Waals surface area contributed by atoms with E-state index < -0.39 is 0 Å². The summed E-state index contributed by atoms with van der Waals surface area (Å²) < 4.78 is 0. The highest BCUT2D eigenvalue weighted by molar-refractivity contribution is 6.31. The second kappa shape index (κ2) is 5.85. The molecule has 0 atom stereocenters. The molecule has 1 aromatic heterocycles. The van der Waals surface area contributed by atoms with Crippen molar-refractivity contribution in [1.29, 1.82) is 0 Å². The highest BCUT2D eigenvalue weighted by Crippen LogP contribution is 2.27. The van der Waals surface area contributed by atoms with Gasteiger partial charge in [-0.25, -0.2) is 0 Å². The van der Waals surface area contributed by atoms with Crippen molar-refractivity contribution in [3.05, 3.63) is 53.6 Å². The molecule has 0 saturated heterocycles. The summed E-state index contributed by atoms with van der Waals surface area (Å²) in [7, 11) is 0. The minimum atomic E-state index is -0.0427. The van der Waals surface area contributed by atoms with Gasteiger partial charge in [-0.15, -0.1) is 0 Å². The Balaban J connectivity index is 1.94. The highest BCUT2D eigenvalue weighted by Gasteiger charge is 2.09. The number of benzene rings is 2. The molecule has 0 fully saturated rings. The molecule has 22 heavy (non-hydrogen) atoms. The number of carbonyl (C=O) groups excluding carboxylic acids is 1. The van der Waals surface area contributed by atoms with Crippen LogP contribution in [0.4, 0.5) is 5.69 Å². The van der Waals surface area contributed by atoms with Gasteiger partial charge < -0.3 is 10.3 Å². The Morgan fingerprint density at radius 3 is 2.73 bits per heavy atom. The van der Waals surface area contributed by atoms with E-state index in [1.54, 1.807) is 0 Å². The van der Waals surface area contributed by atoms with Gasteiger partial charge in [0.1, 0.15) is 0 Å². The Bertz CT molecular complexity index is 836. The van der Waals surface area contributed by atoms with Gasteiger partial charge in [0.25, 0.3) is 0 Å². The lowest BCUT2D eigenvalue weighted by Crippen LogP contribution is -2.17. The van der Waals surface area contributed by atoms with E-state index in [4.69, 9.17) is 11.6 Å². The Morgan fingerprint density at radius 2 is 1.95 bits per heavy atom. The van der Waals surface area contributed by atoms with Crippen LogP contribution in [-0.2, 0) is 4.79 Å². The molecule has 3 rings (SSSR count). The van der Waals surface area contributed by atoms with Crippen LogP contribution in [0.1, 0.15) is 13.8 Å². The number of aromatic nitrogens is 1. The number of hydrogen-bond acceptors (Lipinski definition) is 1. The SMILES string of the molecule is CC(C)C(=O)Nc1cccc(-c2cc3cc(Cl)ccc3[nH]2)c1. The van der Waals surface area contributed by atoms with E-state index >= 15 is 0 Å². The van der Waals surface area contributed by atoms with Crippen molar-refractivity contribution in [2.24, 2.45) is 5.92 Å². The number of hydrogen-bond donors (Lipinski definition) is 2. The van der Waals surface area contributed by atoms with Crippen molar-refractivity contribution in [3.63, 3.8) is 0 Å². The van der Waals surface area contributed by atoms with Crippen molar-refractivity contribution in [2.45, 2.75) is 13.8 Å². The van der Waals surface area contributed by atoms with Crippen LogP contribution in [0, 0.1) is 5.92 Å². The molecular formula is C18H17ClN2O. The van der Waals surface area contributed by atoms with Crippen LogP contribution in [0.3, 0.4) is 0 Å². The molecule has 112 valence electrons. The standard InChI is InChI=1S/C18H17ClN2O/c1-11(2)18(22)20-15-5-3-4-12(9-15)17-10-13-8-14(19)6-7-16(13)21-17/h3-11,21H,1-2H3,(H,20,22). The Morgan fingerprint density at radius 1 is 1.14 bits per heavy atom. The zero-order valence-corrected chi connectivity index (χ0v) is 13.2. The quantitative estimate of drug-likeness (QED) is 0.695. The summed E-state index contributed by atoms with van der Waals surface area (Å²) in [6.07, 6.45) is 0. The van der Waals surface area contributed by atoms with Crippen molar-refractivity contribution < 1.29 is 4.79 Å². The minimum Gasteiger partial charge on any atom is -0.355 e. The topological polar surface area (TPSA) is 44.9 Å². The van der Waals surface area contributed by atoms with E-state index in [0.29, 0.717) is 0 Å². The summed E-state index contributed by atoms with van der Waals surface area (Å²) in [5.74, 6) is -0.0283. The molecule has 2 aromatic carbocycles. The summed E-state index contributed by atoms with van der Waals surface area (Å²) in [5, 5.41) is 4.71. The Labute approximate surface area is 134 Å². The number of fused-ring (bicyclic) bond motifs is 1. The first-order valence-corrected chi connectivity index (χ1v) is 7.60. The largest absolute Gasteiger partial charge is 0.355 e. The number of carbonyl (C=O) groups is 1. The number of rotatable bonds is 3. The summed E-state index contributed by atoms with van der Waals surface area (Å²) in [6.45, 7) is 3.75. The van der Waals surface area contributed by atoms with Crippen LogP contribution >= 0.6 is 11.6 Å². The van der Waals surface area contributed by atoms with Crippen LogP contribution in [0.25, 0.3) is 22.2 Å². The third kappa shape index (κ3) is 3.00. The van der Waals surface area contributed by atoms with E-state index in [0.717, 1.165) is 32.9 Å². The monoisotopic (exact) mass is 312 g/mol. The fourth-order valence-corrected chi connectivity index (χ4v) is 2.49. The maximum atomic E-state index is 11.8. The Hall–Kier alpha value is -2.26. The zero-order valence-electron chi connectivity index (χ0n) is 12.5. The summed E-state index contributed by atoms with van der Waals surface area (Å²) in [4.78, 5) is 15.2. The third-order valence-corrected chi connectivity index (χ3v) is 3.78. The molecule has 0 radical (unpaired) electrons. The molecule has 0 aliphatic rings. The summed E-state index contributed by atoms with van der Waals surface area (Å²) in [5.41, 5.74) is 3.86. The number of nitrogens with one attached hydrogen (secondary N) is 2. The molecular weight excluding hydrogens is 296 g/mol. The summed E-state index contributed by atoms with van der Waals surface area (Å²) in [6, 6.07) is 15.6. The first-order chi connectivity index (χ1) is 10.5. The minimum absolute atomic E-state index is 0.0144. The average molecular weight is 313 g/mol. The van der Waals surface area contributed by atoms with E-state index in [1.807, 2.05) is 56.3 Å². The number of anilines is 1. The normalized spacial score (nSPS) is 11.1. The van der Waals surface area contributed by atoms with Gasteiger partial charge in [0, 0.05) is 38.8 Å². The number of halogens is 1. The van der Waals surface area contributed by atoms with Crippen molar-refractivity contribution >= 4 is 34.1 Å². The van der Waals surface area contributed by atoms with Gasteiger partial charge in [-0.2, -0.15) is 0 Å². The molecule has 0 aliphatic heterocycles. The van der Waals surface area contributed by atoms with Crippen molar-refractivity contribution in [3.8, 4) is 11.3 Å². The van der Waals surface area contributed by atoms with Crippen molar-refractivity contribution in [2.75, 3.05) is 5.32 Å². The highest BCUT2D eigenvalue weighted by atomic mass is 35.5. The number of aromatic amines is 1. The predicted molar refractivity (Wildman–Crippen MR) is 92.2 cm³/mol. The van der Waals surface area contributed by atoms with E-state index in [1.165, 1.54) is 0 Å². The number of H-pyrrole nitrogens is 1. The van der Waals surface area contributed by atoms with Gasteiger partial charge in [-0.3, -0.25) is 4.79 Å². The lowest BCUT2D eigenvalue weighted by molar-refractivity contribution is -0.118. The van der Waals surface area contributed by atoms with E-state index in [-0.39, 0.29) is 11.8 Å². The van der Waals surface area contributed by atoms with E-state index in [2.05, 4.69) is 16.4 Å². The van der Waals surface area contributed by atoms with Crippen molar-refractivity contribution in [1.82, 2.24) is 4.98 Å². The van der Waals surface area contributed by atoms with Gasteiger partial charge >= 0.3 is 0 Å². The lowest BCUT2D eigenvalue weighted by atomic mass is 10.1. The smallest absolute Gasteiger partial charge is 0.226 e. The fraction of sp³-hybridized carbons (Fsp3) is 0.167. The second-order valence-electron chi connectivity index (χ2n) is 5.64. The average Bonchev–Trinajstić information content (AvgIpc) is 2.90. The maximum absolute atomic E-state index is 11.8. The third-order valence-electron chi connectivity index (χ3n) is 3.55. The van der Waals surface area contributed by atoms with Gasteiger partial charge in [0.15, 0.2) is 0 Å². The van der Waals surface area contributed by atoms with Gasteiger partial charge in [0.2, 0.25) is 5.91 Å². The molecule has 1 heterocycles. The first-order valence-electron chi connectivity index (χ1n) is 7.22. The molecule has 2 N–H and O–H groups in total. The summed E-state index contributed by atoms with van der Waals surface area (Å²) >= 11 is 6.02. The van der Waals surface area contributed by atoms with Crippen LogP contribution < -0.4 is 5.32 Å². The zero-order chi connectivity index (χ0) is 15.7. The second-order valence-corrected chi connectivity index (χ2v) is 6.08. The molecule has 0 bridgehead atoms. The van der Waals surface area contributed by atoms with Crippen LogP contribution in [-0.4, -0.2) is 10.9 Å². The van der Waals surface area contributed by atoms with Gasteiger partial charge in [-0.05, 0) is 36.4 Å². The molecule has 0 spiro atoms. The predicted octanol–water partition coefficient (Wildman–Crippen LogP) is 5.08. The van der Waals surface area contributed by atoms with Crippen LogP contribution in [0.5, 0.6) is 0 Å². The molecule has 0 aliphatic carbocycles. The molecule has 3 nitrogen and oxygen atoms in total. The lowest BCUT2D eigenvalue weighted by Gasteiger charge is -2.08. The molecule has 0 unspecified atom stereocenters. The molecule has 4 heteroatoms. The van der Waals surface area contributed by atoms with Gasteiger partial charge in [-0.1, -0.05) is 37.6 Å². The maximum Gasteiger partial charge on any atom is 0.226 e. The first kappa shape index (κ1) is 14.7. The van der Waals surface area contributed by atoms with E-state index in [9.17, 15) is 4.79 Å². The fourth-order valence-electron chi connectivity index (χ4n) is 2.31. The Kier molecular flexibility index (Phi) is 3.90.